The van der Waals surface area contributed by atoms with Crippen LogP contribution >= 0.6 is 0 Å². The number of nitrogens with zero attached hydrogens (tertiary/aromatic N) is 2. The van der Waals surface area contributed by atoms with Crippen molar-refractivity contribution in [1.29, 1.82) is 0 Å². The third-order valence-corrected chi connectivity index (χ3v) is 5.74. The normalized spacial score (nSPS) is 20.0. The molecule has 1 amide bonds. The van der Waals surface area contributed by atoms with Gasteiger partial charge in [-0.25, -0.2) is 4.79 Å². The molecule has 0 unspecified atom stereocenters. The lowest BCUT2D eigenvalue weighted by Gasteiger charge is -2.34. The van der Waals surface area contributed by atoms with Gasteiger partial charge in [-0.05, 0) is 43.4 Å². The highest BCUT2D eigenvalue weighted by atomic mass is 16.5. The number of hydrogen-bond donors (Lipinski definition) is 0. The van der Waals surface area contributed by atoms with Crippen molar-refractivity contribution < 1.29 is 14.3 Å². The van der Waals surface area contributed by atoms with E-state index in [0.29, 0.717) is 5.56 Å². The van der Waals surface area contributed by atoms with Crippen LogP contribution in [0.1, 0.15) is 67.8 Å². The minimum atomic E-state index is -0.192. The first-order valence-electron chi connectivity index (χ1n) is 10.4. The van der Waals surface area contributed by atoms with Gasteiger partial charge in [0.25, 0.3) is 0 Å². The first kappa shape index (κ1) is 19.9. The molecule has 2 aliphatic rings. The van der Waals surface area contributed by atoms with Crippen molar-refractivity contribution in [3.05, 3.63) is 35.4 Å². The second-order valence-electron chi connectivity index (χ2n) is 7.85. The maximum Gasteiger partial charge on any atom is 0.338 e. The Hall–Kier alpha value is -1.88. The molecule has 5 nitrogen and oxygen atoms in total. The SMILES string of the molecule is CC(=O)N1CCN(Cc2ccc(C(=O)OC3CCCCCCC3)cc2)CC1. The zero-order valence-electron chi connectivity index (χ0n) is 16.5. The van der Waals surface area contributed by atoms with Crippen LogP contribution < -0.4 is 0 Å². The molecule has 0 atom stereocenters. The molecule has 2 fully saturated rings. The molecule has 1 saturated heterocycles. The van der Waals surface area contributed by atoms with E-state index in [2.05, 4.69) is 4.90 Å². The van der Waals surface area contributed by atoms with E-state index in [9.17, 15) is 9.59 Å². The van der Waals surface area contributed by atoms with Crippen molar-refractivity contribution in [3.63, 3.8) is 0 Å². The van der Waals surface area contributed by atoms with Crippen molar-refractivity contribution in [2.75, 3.05) is 26.2 Å². The molecule has 0 aromatic heterocycles. The van der Waals surface area contributed by atoms with Crippen LogP contribution in [-0.4, -0.2) is 54.0 Å². The summed E-state index contributed by atoms with van der Waals surface area (Å²) in [5.41, 5.74) is 1.83. The average molecular weight is 373 g/mol. The van der Waals surface area contributed by atoms with Crippen LogP contribution in [0.5, 0.6) is 0 Å². The van der Waals surface area contributed by atoms with Crippen LogP contribution in [-0.2, 0) is 16.1 Å². The summed E-state index contributed by atoms with van der Waals surface area (Å²) in [6.45, 7) is 5.85. The molecule has 1 aliphatic heterocycles. The molecule has 0 N–H and O–H groups in total. The fourth-order valence-corrected chi connectivity index (χ4v) is 3.98. The number of carbonyl (C=O) groups is 2. The van der Waals surface area contributed by atoms with Crippen molar-refractivity contribution in [3.8, 4) is 0 Å². The third-order valence-electron chi connectivity index (χ3n) is 5.74. The van der Waals surface area contributed by atoms with E-state index >= 15 is 0 Å². The standard InChI is InChI=1S/C22H32N2O3/c1-18(25)24-15-13-23(14-16-24)17-19-9-11-20(12-10-19)22(26)27-21-7-5-3-2-4-6-8-21/h9-12,21H,2-8,13-17H2,1H3. The van der Waals surface area contributed by atoms with Gasteiger partial charge in [-0.2, -0.15) is 0 Å². The Labute approximate surface area is 162 Å². The molecule has 1 saturated carbocycles. The predicted molar refractivity (Wildman–Crippen MR) is 105 cm³/mol. The van der Waals surface area contributed by atoms with Crippen molar-refractivity contribution >= 4 is 11.9 Å². The Morgan fingerprint density at radius 1 is 0.926 bits per heavy atom. The Morgan fingerprint density at radius 3 is 2.11 bits per heavy atom. The smallest absolute Gasteiger partial charge is 0.338 e. The summed E-state index contributed by atoms with van der Waals surface area (Å²) in [5, 5.41) is 0. The molecule has 5 heteroatoms. The van der Waals surface area contributed by atoms with Gasteiger partial charge in [0.05, 0.1) is 5.56 Å². The molecule has 148 valence electrons. The lowest BCUT2D eigenvalue weighted by Crippen LogP contribution is -2.47. The van der Waals surface area contributed by atoms with Gasteiger partial charge in [-0.1, -0.05) is 31.4 Å². The first-order valence-corrected chi connectivity index (χ1v) is 10.4. The van der Waals surface area contributed by atoms with Crippen LogP contribution in [0, 0.1) is 0 Å². The molecule has 1 heterocycles. The molecule has 1 aromatic rings. The molecule has 0 spiro atoms. The highest BCUT2D eigenvalue weighted by Crippen LogP contribution is 2.21. The second-order valence-corrected chi connectivity index (χ2v) is 7.85. The van der Waals surface area contributed by atoms with E-state index in [1.807, 2.05) is 29.2 Å². The Morgan fingerprint density at radius 2 is 1.52 bits per heavy atom. The average Bonchev–Trinajstić information content (AvgIpc) is 2.65. The van der Waals surface area contributed by atoms with E-state index in [0.717, 1.165) is 58.4 Å². The largest absolute Gasteiger partial charge is 0.459 e. The zero-order chi connectivity index (χ0) is 19.1. The highest BCUT2D eigenvalue weighted by Gasteiger charge is 2.19. The topological polar surface area (TPSA) is 49.9 Å². The van der Waals surface area contributed by atoms with Crippen LogP contribution in [0.4, 0.5) is 0 Å². The first-order chi connectivity index (χ1) is 13.1. The zero-order valence-corrected chi connectivity index (χ0v) is 16.5. The molecule has 1 aromatic carbocycles. The van der Waals surface area contributed by atoms with Crippen molar-refractivity contribution in [1.82, 2.24) is 9.80 Å². The van der Waals surface area contributed by atoms with Gasteiger partial charge < -0.3 is 9.64 Å². The number of rotatable bonds is 4. The quantitative estimate of drug-likeness (QED) is 0.758. The number of esters is 1. The van der Waals surface area contributed by atoms with Crippen molar-refractivity contribution in [2.24, 2.45) is 0 Å². The van der Waals surface area contributed by atoms with Crippen molar-refractivity contribution in [2.45, 2.75) is 64.5 Å². The summed E-state index contributed by atoms with van der Waals surface area (Å²) in [6.07, 6.45) is 8.21. The molecule has 0 radical (unpaired) electrons. The fourth-order valence-electron chi connectivity index (χ4n) is 3.98. The van der Waals surface area contributed by atoms with E-state index in [1.165, 1.54) is 24.8 Å². The molecule has 1 aliphatic carbocycles. The van der Waals surface area contributed by atoms with Gasteiger partial charge >= 0.3 is 5.97 Å². The Balaban J connectivity index is 1.48. The third kappa shape index (κ3) is 6.06. The molecule has 0 bridgehead atoms. The van der Waals surface area contributed by atoms with E-state index in [1.54, 1.807) is 6.92 Å². The monoisotopic (exact) mass is 372 g/mol. The summed E-state index contributed by atoms with van der Waals surface area (Å²) in [6, 6.07) is 7.80. The maximum absolute atomic E-state index is 12.4. The predicted octanol–water partition coefficient (Wildman–Crippen LogP) is 3.62. The fraction of sp³-hybridized carbons (Fsp3) is 0.636. The number of piperazine rings is 1. The Kier molecular flexibility index (Phi) is 7.27. The molecule has 3 rings (SSSR count). The van der Waals surface area contributed by atoms with Gasteiger partial charge in [0.2, 0.25) is 5.91 Å². The molecular formula is C22H32N2O3. The lowest BCUT2D eigenvalue weighted by atomic mass is 9.98. The van der Waals surface area contributed by atoms with Gasteiger partial charge in [0.15, 0.2) is 0 Å². The van der Waals surface area contributed by atoms with E-state index < -0.39 is 0 Å². The van der Waals surface area contributed by atoms with Gasteiger partial charge in [0.1, 0.15) is 6.10 Å². The van der Waals surface area contributed by atoms with Gasteiger partial charge in [-0.3, -0.25) is 9.69 Å². The summed E-state index contributed by atoms with van der Waals surface area (Å²) >= 11 is 0. The number of carbonyl (C=O) groups excluding carboxylic acids is 2. The van der Waals surface area contributed by atoms with E-state index in [4.69, 9.17) is 4.74 Å². The number of benzene rings is 1. The summed E-state index contributed by atoms with van der Waals surface area (Å²) in [5.74, 6) is -0.0380. The summed E-state index contributed by atoms with van der Waals surface area (Å²) in [4.78, 5) is 28.1. The second kappa shape index (κ2) is 9.88. The highest BCUT2D eigenvalue weighted by molar-refractivity contribution is 5.89. The van der Waals surface area contributed by atoms with E-state index in [-0.39, 0.29) is 18.0 Å². The number of hydrogen-bond acceptors (Lipinski definition) is 4. The number of ether oxygens (including phenoxy) is 1. The maximum atomic E-state index is 12.4. The molecule has 27 heavy (non-hydrogen) atoms. The summed E-state index contributed by atoms with van der Waals surface area (Å²) in [7, 11) is 0. The Bertz CT molecular complexity index is 613. The van der Waals surface area contributed by atoms with Crippen LogP contribution in [0.3, 0.4) is 0 Å². The summed E-state index contributed by atoms with van der Waals surface area (Å²) < 4.78 is 5.75. The van der Waals surface area contributed by atoms with Crippen LogP contribution in [0.2, 0.25) is 0 Å². The lowest BCUT2D eigenvalue weighted by molar-refractivity contribution is -0.130. The van der Waals surface area contributed by atoms with Crippen LogP contribution in [0.15, 0.2) is 24.3 Å². The number of amides is 1. The minimum absolute atomic E-state index is 0.0787. The van der Waals surface area contributed by atoms with Gasteiger partial charge in [-0.15, -0.1) is 0 Å². The van der Waals surface area contributed by atoms with Gasteiger partial charge in [0, 0.05) is 39.6 Å². The molecular weight excluding hydrogens is 340 g/mol. The minimum Gasteiger partial charge on any atom is -0.459 e. The van der Waals surface area contributed by atoms with Crippen LogP contribution in [0.25, 0.3) is 0 Å².